The minimum Gasteiger partial charge on any atom is -0.393 e. The van der Waals surface area contributed by atoms with Crippen LogP contribution in [0.4, 0.5) is 0 Å². The quantitative estimate of drug-likeness (QED) is 0.484. The Morgan fingerprint density at radius 2 is 1.93 bits per heavy atom. The zero-order valence-corrected chi connectivity index (χ0v) is 18.3. The fourth-order valence-electron chi connectivity index (χ4n) is 7.41. The maximum absolute atomic E-state index is 12.8. The van der Waals surface area contributed by atoms with Gasteiger partial charge in [-0.2, -0.15) is 0 Å². The Balaban J connectivity index is 1.64. The SMILES string of the molecule is C[C@]12CCC(=O)C=C1CC[C@@H]1C2C(O)C[C@@]2(C)[C@H]1CC[C@]2(O)C(=O)COP(=O)(O)O. The van der Waals surface area contributed by atoms with Gasteiger partial charge in [-0.25, -0.2) is 4.57 Å². The van der Waals surface area contributed by atoms with Crippen LogP contribution in [0.25, 0.3) is 0 Å². The van der Waals surface area contributed by atoms with E-state index in [-0.39, 0.29) is 41.8 Å². The highest BCUT2D eigenvalue weighted by molar-refractivity contribution is 7.46. The van der Waals surface area contributed by atoms with E-state index in [2.05, 4.69) is 11.4 Å². The molecule has 3 fully saturated rings. The van der Waals surface area contributed by atoms with Crippen LogP contribution in [-0.2, 0) is 18.7 Å². The standard InChI is InChI=1S/C21H31O8P/c1-19-7-5-13(22)9-12(19)3-4-14-15-6-8-21(25,17(24)11-29-30(26,27)28)20(15,2)10-16(23)18(14)19/h9,14-16,18,23,25H,3-8,10-11H2,1-2H3,(H2,26,27,28)/t14-,15-,16?,18?,19-,20-,21-/m0/s1. The molecule has 0 amide bonds. The first kappa shape index (κ1) is 22.3. The number of fused-ring (bicyclic) bond motifs is 5. The largest absolute Gasteiger partial charge is 0.470 e. The van der Waals surface area contributed by atoms with Gasteiger partial charge in [0, 0.05) is 11.8 Å². The van der Waals surface area contributed by atoms with Gasteiger partial charge in [0.05, 0.1) is 6.10 Å². The molecule has 4 aliphatic rings. The molecule has 30 heavy (non-hydrogen) atoms. The van der Waals surface area contributed by atoms with Crippen molar-refractivity contribution >= 4 is 19.4 Å². The summed E-state index contributed by atoms with van der Waals surface area (Å²) in [6.07, 6.45) is 4.79. The number of carbonyl (C=O) groups excluding carboxylic acids is 2. The molecule has 0 heterocycles. The third-order valence-electron chi connectivity index (χ3n) is 8.87. The molecule has 0 aliphatic heterocycles. The summed E-state index contributed by atoms with van der Waals surface area (Å²) in [4.78, 5) is 42.6. The summed E-state index contributed by atoms with van der Waals surface area (Å²) in [6.45, 7) is 3.09. The van der Waals surface area contributed by atoms with Crippen LogP contribution in [0, 0.1) is 28.6 Å². The molecule has 4 rings (SSSR count). The van der Waals surface area contributed by atoms with Crippen LogP contribution in [0.1, 0.15) is 58.8 Å². The Morgan fingerprint density at radius 3 is 2.60 bits per heavy atom. The van der Waals surface area contributed by atoms with Gasteiger partial charge in [0.25, 0.3) is 0 Å². The fourth-order valence-corrected chi connectivity index (χ4v) is 7.70. The number of aliphatic hydroxyl groups excluding tert-OH is 1. The van der Waals surface area contributed by atoms with Crippen LogP contribution < -0.4 is 0 Å². The predicted molar refractivity (Wildman–Crippen MR) is 106 cm³/mol. The summed E-state index contributed by atoms with van der Waals surface area (Å²) in [5.41, 5.74) is -1.84. The zero-order chi connectivity index (χ0) is 22.1. The number of hydrogen-bond acceptors (Lipinski definition) is 6. The lowest BCUT2D eigenvalue weighted by Crippen LogP contribution is -2.62. The van der Waals surface area contributed by atoms with Crippen LogP contribution in [0.3, 0.4) is 0 Å². The molecule has 4 N–H and O–H groups in total. The van der Waals surface area contributed by atoms with Gasteiger partial charge in [0.2, 0.25) is 0 Å². The molecule has 0 aromatic carbocycles. The van der Waals surface area contributed by atoms with Crippen LogP contribution in [0.5, 0.6) is 0 Å². The summed E-state index contributed by atoms with van der Waals surface area (Å²) in [7, 11) is -4.83. The van der Waals surface area contributed by atoms with Crippen LogP contribution in [0.2, 0.25) is 0 Å². The molecular formula is C21H31O8P. The topological polar surface area (TPSA) is 141 Å². The van der Waals surface area contributed by atoms with Crippen molar-refractivity contribution in [2.45, 2.75) is 70.5 Å². The lowest BCUT2D eigenvalue weighted by atomic mass is 9.45. The number of hydrogen-bond donors (Lipinski definition) is 4. The summed E-state index contributed by atoms with van der Waals surface area (Å²) in [5.74, 6) is -0.522. The summed E-state index contributed by atoms with van der Waals surface area (Å²) >= 11 is 0. The van der Waals surface area contributed by atoms with Gasteiger partial charge in [-0.15, -0.1) is 0 Å². The normalized spacial score (nSPS) is 45.9. The molecular weight excluding hydrogens is 411 g/mol. The Labute approximate surface area is 175 Å². The van der Waals surface area contributed by atoms with E-state index in [1.165, 1.54) is 0 Å². The van der Waals surface area contributed by atoms with Crippen molar-refractivity contribution in [3.05, 3.63) is 11.6 Å². The molecule has 0 aromatic rings. The van der Waals surface area contributed by atoms with Crippen LogP contribution >= 0.6 is 7.82 Å². The number of ketones is 2. The van der Waals surface area contributed by atoms with E-state index in [0.29, 0.717) is 19.3 Å². The van der Waals surface area contributed by atoms with E-state index in [0.717, 1.165) is 18.4 Å². The minimum absolute atomic E-state index is 0.00547. The maximum Gasteiger partial charge on any atom is 0.470 e. The molecule has 2 unspecified atom stereocenters. The number of Topliss-reactive ketones (excluding diaryl/α,β-unsaturated/α-hetero) is 1. The Kier molecular flexibility index (Phi) is 5.25. The first-order chi connectivity index (χ1) is 13.8. The Morgan fingerprint density at radius 1 is 1.23 bits per heavy atom. The van der Waals surface area contributed by atoms with E-state index in [4.69, 9.17) is 9.79 Å². The molecule has 0 bridgehead atoms. The van der Waals surface area contributed by atoms with Gasteiger partial charge in [-0.3, -0.25) is 14.1 Å². The number of carbonyl (C=O) groups is 2. The van der Waals surface area contributed by atoms with Crippen molar-refractivity contribution in [2.24, 2.45) is 28.6 Å². The lowest BCUT2D eigenvalue weighted by molar-refractivity contribution is -0.182. The highest BCUT2D eigenvalue weighted by Gasteiger charge is 2.68. The van der Waals surface area contributed by atoms with Gasteiger partial charge in [-0.1, -0.05) is 19.4 Å². The van der Waals surface area contributed by atoms with Crippen molar-refractivity contribution in [1.29, 1.82) is 0 Å². The fraction of sp³-hybridized carbons (Fsp3) is 0.810. The highest BCUT2D eigenvalue weighted by Crippen LogP contribution is 2.67. The third-order valence-corrected chi connectivity index (χ3v) is 9.34. The number of aliphatic hydroxyl groups is 2. The molecule has 0 radical (unpaired) electrons. The molecule has 8 nitrogen and oxygen atoms in total. The maximum atomic E-state index is 12.8. The van der Waals surface area contributed by atoms with Crippen molar-refractivity contribution < 1.29 is 38.7 Å². The first-order valence-corrected chi connectivity index (χ1v) is 12.2. The summed E-state index contributed by atoms with van der Waals surface area (Å²) in [6, 6.07) is 0. The van der Waals surface area contributed by atoms with Gasteiger partial charge >= 0.3 is 7.82 Å². The Bertz CT molecular complexity index is 848. The van der Waals surface area contributed by atoms with Crippen LogP contribution in [-0.4, -0.2) is 49.9 Å². The average molecular weight is 442 g/mol. The second-order valence-corrected chi connectivity index (χ2v) is 11.4. The number of phosphoric acid groups is 1. The van der Waals surface area contributed by atoms with Gasteiger partial charge in [0.15, 0.2) is 11.6 Å². The highest BCUT2D eigenvalue weighted by atomic mass is 31.2. The molecule has 7 atom stereocenters. The van der Waals surface area contributed by atoms with Gasteiger partial charge in [-0.05, 0) is 67.8 Å². The first-order valence-electron chi connectivity index (χ1n) is 10.7. The zero-order valence-electron chi connectivity index (χ0n) is 17.4. The van der Waals surface area contributed by atoms with Crippen molar-refractivity contribution in [3.63, 3.8) is 0 Å². The smallest absolute Gasteiger partial charge is 0.393 e. The molecule has 0 aromatic heterocycles. The second-order valence-electron chi connectivity index (χ2n) is 10.2. The lowest BCUT2D eigenvalue weighted by Gasteiger charge is -2.60. The summed E-state index contributed by atoms with van der Waals surface area (Å²) < 4.78 is 15.4. The number of phosphoric ester groups is 1. The van der Waals surface area contributed by atoms with E-state index in [1.807, 2.05) is 6.92 Å². The number of rotatable bonds is 4. The minimum atomic E-state index is -4.83. The monoisotopic (exact) mass is 442 g/mol. The van der Waals surface area contributed by atoms with Gasteiger partial charge < -0.3 is 20.0 Å². The van der Waals surface area contributed by atoms with E-state index in [9.17, 15) is 24.4 Å². The van der Waals surface area contributed by atoms with E-state index in [1.54, 1.807) is 6.08 Å². The number of allylic oxidation sites excluding steroid dienone is 1. The van der Waals surface area contributed by atoms with Gasteiger partial charge in [0.1, 0.15) is 12.2 Å². The van der Waals surface area contributed by atoms with E-state index < -0.39 is 37.3 Å². The Hall–Kier alpha value is -0.890. The molecule has 3 saturated carbocycles. The second kappa shape index (κ2) is 7.06. The summed E-state index contributed by atoms with van der Waals surface area (Å²) in [5, 5.41) is 22.7. The average Bonchev–Trinajstić information content (AvgIpc) is 2.91. The molecule has 0 saturated heterocycles. The third kappa shape index (κ3) is 3.19. The molecule has 4 aliphatic carbocycles. The van der Waals surface area contributed by atoms with E-state index >= 15 is 0 Å². The predicted octanol–water partition coefficient (Wildman–Crippen LogP) is 1.90. The van der Waals surface area contributed by atoms with Crippen molar-refractivity contribution in [2.75, 3.05) is 6.61 Å². The molecule has 168 valence electrons. The molecule has 9 heteroatoms. The van der Waals surface area contributed by atoms with Crippen molar-refractivity contribution in [1.82, 2.24) is 0 Å². The van der Waals surface area contributed by atoms with Crippen molar-refractivity contribution in [3.8, 4) is 0 Å². The van der Waals surface area contributed by atoms with Crippen LogP contribution in [0.15, 0.2) is 11.6 Å². The molecule has 0 spiro atoms.